The van der Waals surface area contributed by atoms with Crippen LogP contribution in [0.4, 0.5) is 4.39 Å². The van der Waals surface area contributed by atoms with E-state index < -0.39 is 9.84 Å². The highest BCUT2D eigenvalue weighted by Crippen LogP contribution is 2.19. The number of aliphatic imine (C=N–C) groups is 1. The quantitative estimate of drug-likeness (QED) is 0.494. The molecular formula is C22H31FN4O2S. The lowest BCUT2D eigenvalue weighted by Gasteiger charge is -2.26. The minimum Gasteiger partial charge on any atom is -0.357 e. The fourth-order valence-corrected chi connectivity index (χ4v) is 4.20. The molecule has 0 fully saturated rings. The second-order valence-electron chi connectivity index (χ2n) is 7.48. The number of aryl methyl sites for hydroxylation is 1. The molecule has 2 aromatic rings. The summed E-state index contributed by atoms with van der Waals surface area (Å²) < 4.78 is 37.2. The molecule has 8 heteroatoms. The molecule has 0 bridgehead atoms. The molecule has 0 saturated carbocycles. The Morgan fingerprint density at radius 1 is 1.17 bits per heavy atom. The number of halogens is 1. The van der Waals surface area contributed by atoms with Gasteiger partial charge in [-0.1, -0.05) is 24.3 Å². The zero-order valence-corrected chi connectivity index (χ0v) is 19.1. The molecule has 2 rings (SSSR count). The lowest BCUT2D eigenvalue weighted by atomic mass is 10.1. The number of sulfone groups is 1. The van der Waals surface area contributed by atoms with E-state index in [-0.39, 0.29) is 11.9 Å². The van der Waals surface area contributed by atoms with E-state index in [2.05, 4.69) is 15.6 Å². The Morgan fingerprint density at radius 2 is 1.90 bits per heavy atom. The molecule has 30 heavy (non-hydrogen) atoms. The van der Waals surface area contributed by atoms with Gasteiger partial charge in [0.1, 0.15) is 5.82 Å². The van der Waals surface area contributed by atoms with Gasteiger partial charge in [-0.15, -0.1) is 0 Å². The molecule has 6 nitrogen and oxygen atoms in total. The fraction of sp³-hybridized carbons (Fsp3) is 0.409. The summed E-state index contributed by atoms with van der Waals surface area (Å²) in [5.74, 6) is 0.387. The van der Waals surface area contributed by atoms with Gasteiger partial charge in [0.25, 0.3) is 0 Å². The van der Waals surface area contributed by atoms with Crippen LogP contribution < -0.4 is 10.6 Å². The van der Waals surface area contributed by atoms with Crippen molar-refractivity contribution in [3.05, 3.63) is 65.0 Å². The zero-order valence-electron chi connectivity index (χ0n) is 18.2. The molecule has 1 atom stereocenters. The summed E-state index contributed by atoms with van der Waals surface area (Å²) in [6.07, 6.45) is 1.21. The molecule has 0 heterocycles. The molecule has 164 valence electrons. The van der Waals surface area contributed by atoms with Crippen molar-refractivity contribution in [2.75, 3.05) is 33.4 Å². The maximum Gasteiger partial charge on any atom is 0.191 e. The van der Waals surface area contributed by atoms with Gasteiger partial charge in [0.15, 0.2) is 15.8 Å². The highest BCUT2D eigenvalue weighted by molar-refractivity contribution is 7.90. The number of hydrogen-bond acceptors (Lipinski definition) is 4. The van der Waals surface area contributed by atoms with Crippen molar-refractivity contribution < 1.29 is 12.8 Å². The lowest BCUT2D eigenvalue weighted by Crippen LogP contribution is -2.41. The monoisotopic (exact) mass is 434 g/mol. The van der Waals surface area contributed by atoms with Crippen molar-refractivity contribution >= 4 is 15.8 Å². The molecule has 2 aromatic carbocycles. The average molecular weight is 435 g/mol. The van der Waals surface area contributed by atoms with Gasteiger partial charge in [0.05, 0.1) is 17.5 Å². The van der Waals surface area contributed by atoms with Gasteiger partial charge >= 0.3 is 0 Å². The standard InChI is InChI=1S/C22H31FN4O2S/c1-6-24-22(25-14-17-10-11-21(16(2)12-17)30(5,28)29)26-15-20(27(3)4)18-8-7-9-19(23)13-18/h7-13,20H,6,14-15H2,1-5H3,(H2,24,25,26). The Hall–Kier alpha value is -2.45. The first kappa shape index (κ1) is 23.8. The Kier molecular flexibility index (Phi) is 8.37. The predicted molar refractivity (Wildman–Crippen MR) is 120 cm³/mol. The summed E-state index contributed by atoms with van der Waals surface area (Å²) in [5, 5.41) is 6.53. The van der Waals surface area contributed by atoms with Crippen molar-refractivity contribution in [1.82, 2.24) is 15.5 Å². The Labute approximate surface area is 179 Å². The van der Waals surface area contributed by atoms with Gasteiger partial charge < -0.3 is 15.5 Å². The number of guanidine groups is 1. The molecule has 1 unspecified atom stereocenters. The van der Waals surface area contributed by atoms with Crippen LogP contribution in [0.25, 0.3) is 0 Å². The van der Waals surface area contributed by atoms with Crippen molar-refractivity contribution in [3.8, 4) is 0 Å². The SMILES string of the molecule is CCNC(=NCc1ccc(S(C)(=O)=O)c(C)c1)NCC(c1cccc(F)c1)N(C)C. The van der Waals surface area contributed by atoms with E-state index in [4.69, 9.17) is 0 Å². The molecule has 0 radical (unpaired) electrons. The average Bonchev–Trinajstić information content (AvgIpc) is 2.65. The number of likely N-dealkylation sites (N-methyl/N-ethyl adjacent to an activating group) is 1. The molecular weight excluding hydrogens is 403 g/mol. The van der Waals surface area contributed by atoms with Crippen LogP contribution in [0.3, 0.4) is 0 Å². The van der Waals surface area contributed by atoms with Crippen molar-refractivity contribution in [1.29, 1.82) is 0 Å². The van der Waals surface area contributed by atoms with E-state index in [1.165, 1.54) is 12.3 Å². The van der Waals surface area contributed by atoms with Gasteiger partial charge in [0.2, 0.25) is 0 Å². The predicted octanol–water partition coefficient (Wildman–Crippen LogP) is 2.90. The highest BCUT2D eigenvalue weighted by Gasteiger charge is 2.15. The van der Waals surface area contributed by atoms with E-state index in [1.807, 2.05) is 38.1 Å². The summed E-state index contributed by atoms with van der Waals surface area (Å²) in [4.78, 5) is 6.98. The minimum absolute atomic E-state index is 0.0270. The third kappa shape index (κ3) is 6.81. The van der Waals surface area contributed by atoms with Gasteiger partial charge in [-0.3, -0.25) is 0 Å². The van der Waals surface area contributed by atoms with Crippen molar-refractivity contribution in [3.63, 3.8) is 0 Å². The first-order chi connectivity index (χ1) is 14.1. The van der Waals surface area contributed by atoms with Crippen LogP contribution in [0, 0.1) is 12.7 Å². The summed E-state index contributed by atoms with van der Waals surface area (Å²) >= 11 is 0. The number of nitrogens with zero attached hydrogens (tertiary/aromatic N) is 2. The largest absolute Gasteiger partial charge is 0.357 e. The van der Waals surface area contributed by atoms with E-state index in [1.54, 1.807) is 31.2 Å². The maximum atomic E-state index is 13.6. The second kappa shape index (κ2) is 10.5. The molecule has 0 aliphatic rings. The number of benzene rings is 2. The van der Waals surface area contributed by atoms with Crippen molar-refractivity contribution in [2.24, 2.45) is 4.99 Å². The topological polar surface area (TPSA) is 73.8 Å². The summed E-state index contributed by atoms with van der Waals surface area (Å²) in [7, 11) is 0.666. The third-order valence-corrected chi connectivity index (χ3v) is 5.98. The van der Waals surface area contributed by atoms with Crippen LogP contribution in [-0.4, -0.2) is 52.7 Å². The first-order valence-corrected chi connectivity index (χ1v) is 11.7. The van der Waals surface area contributed by atoms with Crippen molar-refractivity contribution in [2.45, 2.75) is 31.3 Å². The number of hydrogen-bond donors (Lipinski definition) is 2. The Balaban J connectivity index is 2.13. The first-order valence-electron chi connectivity index (χ1n) is 9.85. The number of nitrogens with one attached hydrogen (secondary N) is 2. The van der Waals surface area contributed by atoms with Crippen LogP contribution >= 0.6 is 0 Å². The zero-order chi connectivity index (χ0) is 22.3. The molecule has 0 spiro atoms. The van der Waals surface area contributed by atoms with E-state index in [9.17, 15) is 12.8 Å². The number of rotatable bonds is 8. The van der Waals surface area contributed by atoms with Gasteiger partial charge in [-0.2, -0.15) is 0 Å². The second-order valence-corrected chi connectivity index (χ2v) is 9.47. The minimum atomic E-state index is -3.24. The molecule has 0 amide bonds. The van der Waals surface area contributed by atoms with Crippen LogP contribution in [0.2, 0.25) is 0 Å². The molecule has 0 aromatic heterocycles. The Bertz CT molecular complexity index is 990. The van der Waals surface area contributed by atoms with E-state index in [0.29, 0.717) is 36.1 Å². The normalized spacial score (nSPS) is 13.4. The maximum absolute atomic E-state index is 13.6. The van der Waals surface area contributed by atoms with Gasteiger partial charge in [-0.25, -0.2) is 17.8 Å². The molecule has 0 aliphatic carbocycles. The highest BCUT2D eigenvalue weighted by atomic mass is 32.2. The lowest BCUT2D eigenvalue weighted by molar-refractivity contribution is 0.297. The van der Waals surface area contributed by atoms with Gasteiger partial charge in [0, 0.05) is 19.3 Å². The van der Waals surface area contributed by atoms with Crippen LogP contribution in [0.5, 0.6) is 0 Å². The van der Waals surface area contributed by atoms with E-state index >= 15 is 0 Å². The summed E-state index contributed by atoms with van der Waals surface area (Å²) in [5.41, 5.74) is 2.52. The van der Waals surface area contributed by atoms with Gasteiger partial charge in [-0.05, 0) is 62.8 Å². The van der Waals surface area contributed by atoms with Crippen LogP contribution in [0.1, 0.15) is 29.7 Å². The smallest absolute Gasteiger partial charge is 0.191 e. The third-order valence-electron chi connectivity index (χ3n) is 4.72. The molecule has 2 N–H and O–H groups in total. The van der Waals surface area contributed by atoms with Crippen LogP contribution in [-0.2, 0) is 16.4 Å². The fourth-order valence-electron chi connectivity index (χ4n) is 3.24. The molecule has 0 aliphatic heterocycles. The summed E-state index contributed by atoms with van der Waals surface area (Å²) in [6, 6.07) is 11.8. The van der Waals surface area contributed by atoms with Crippen LogP contribution in [0.15, 0.2) is 52.4 Å². The Morgan fingerprint density at radius 3 is 2.47 bits per heavy atom. The van der Waals surface area contributed by atoms with E-state index in [0.717, 1.165) is 11.1 Å². The summed E-state index contributed by atoms with van der Waals surface area (Å²) in [6.45, 7) is 5.43. The molecule has 0 saturated heterocycles.